The summed E-state index contributed by atoms with van der Waals surface area (Å²) >= 11 is 0. The van der Waals surface area contributed by atoms with Crippen LogP contribution in [0.1, 0.15) is 38.3 Å². The number of aromatic nitrogens is 1. The summed E-state index contributed by atoms with van der Waals surface area (Å²) in [6.45, 7) is 6.79. The average molecular weight is 396 g/mol. The number of hydrogen-bond acceptors (Lipinski definition) is 4. The first-order chi connectivity index (χ1) is 13.8. The summed E-state index contributed by atoms with van der Waals surface area (Å²) in [5, 5.41) is 5.96. The van der Waals surface area contributed by atoms with Crippen LogP contribution >= 0.6 is 0 Å². The summed E-state index contributed by atoms with van der Waals surface area (Å²) in [6, 6.07) is 13.3. The van der Waals surface area contributed by atoms with E-state index in [2.05, 4.69) is 15.6 Å². The summed E-state index contributed by atoms with van der Waals surface area (Å²) < 4.78 is 5.47. The number of rotatable bonds is 4. The molecule has 1 unspecified atom stereocenters. The Bertz CT molecular complexity index is 836. The van der Waals surface area contributed by atoms with Crippen LogP contribution in [0, 0.1) is 0 Å². The highest BCUT2D eigenvalue weighted by Crippen LogP contribution is 2.32. The minimum Gasteiger partial charge on any atom is -0.444 e. The van der Waals surface area contributed by atoms with Gasteiger partial charge in [-0.05, 0) is 44.4 Å². The van der Waals surface area contributed by atoms with Crippen LogP contribution in [0.4, 0.5) is 9.59 Å². The van der Waals surface area contributed by atoms with Gasteiger partial charge in [-0.2, -0.15) is 0 Å². The van der Waals surface area contributed by atoms with E-state index in [9.17, 15) is 9.59 Å². The van der Waals surface area contributed by atoms with Crippen molar-refractivity contribution in [2.24, 2.45) is 0 Å². The second-order valence-electron chi connectivity index (χ2n) is 8.27. The monoisotopic (exact) mass is 396 g/mol. The number of nitrogens with zero attached hydrogens (tertiary/aromatic N) is 2. The van der Waals surface area contributed by atoms with Gasteiger partial charge in [-0.3, -0.25) is 4.98 Å². The van der Waals surface area contributed by atoms with Crippen molar-refractivity contribution in [3.63, 3.8) is 0 Å². The number of likely N-dealkylation sites (tertiary alicyclic amines) is 1. The number of ether oxygens (including phenoxy) is 1. The van der Waals surface area contributed by atoms with E-state index >= 15 is 0 Å². The van der Waals surface area contributed by atoms with E-state index in [0.717, 1.165) is 11.1 Å². The summed E-state index contributed by atoms with van der Waals surface area (Å²) in [4.78, 5) is 31.0. The van der Waals surface area contributed by atoms with E-state index in [1.165, 1.54) is 0 Å². The second kappa shape index (κ2) is 8.51. The molecule has 0 spiro atoms. The lowest BCUT2D eigenvalue weighted by atomic mass is 9.89. The van der Waals surface area contributed by atoms with Gasteiger partial charge < -0.3 is 20.3 Å². The smallest absolute Gasteiger partial charge is 0.408 e. The molecule has 154 valence electrons. The summed E-state index contributed by atoms with van der Waals surface area (Å²) in [6.07, 6.45) is 3.54. The van der Waals surface area contributed by atoms with E-state index in [1.807, 2.05) is 63.2 Å². The number of benzene rings is 1. The summed E-state index contributed by atoms with van der Waals surface area (Å²) in [7, 11) is 0. The summed E-state index contributed by atoms with van der Waals surface area (Å²) in [5.41, 5.74) is 0.603. The van der Waals surface area contributed by atoms with Gasteiger partial charge in [-0.25, -0.2) is 9.59 Å². The van der Waals surface area contributed by atoms with Crippen LogP contribution < -0.4 is 10.6 Å². The first-order valence-corrected chi connectivity index (χ1v) is 9.76. The molecule has 1 saturated heterocycles. The molecule has 1 aromatic heterocycles. The quantitative estimate of drug-likeness (QED) is 0.830. The van der Waals surface area contributed by atoms with Gasteiger partial charge in [0.05, 0.1) is 5.54 Å². The minimum atomic E-state index is -0.685. The van der Waals surface area contributed by atoms with Gasteiger partial charge in [-0.1, -0.05) is 36.4 Å². The Morgan fingerprint density at radius 2 is 1.93 bits per heavy atom. The van der Waals surface area contributed by atoms with Gasteiger partial charge in [0, 0.05) is 32.0 Å². The van der Waals surface area contributed by atoms with E-state index in [1.54, 1.807) is 17.3 Å². The van der Waals surface area contributed by atoms with Gasteiger partial charge in [0.1, 0.15) is 5.60 Å². The molecular formula is C22H28N4O3. The Morgan fingerprint density at radius 1 is 1.17 bits per heavy atom. The normalized spacial score (nSPS) is 18.9. The number of amides is 3. The van der Waals surface area contributed by atoms with E-state index in [0.29, 0.717) is 26.1 Å². The Labute approximate surface area is 171 Å². The van der Waals surface area contributed by atoms with Crippen LogP contribution in [0.2, 0.25) is 0 Å². The third-order valence-electron chi connectivity index (χ3n) is 4.79. The van der Waals surface area contributed by atoms with Crippen LogP contribution in [0.15, 0.2) is 54.9 Å². The standard InChI is InChI=1S/C22H28N4O3/c1-21(2,3)29-20(28)25-22(18-9-5-4-6-10-18)11-13-26(16-22)19(27)24-15-17-8-7-12-23-14-17/h4-10,12,14H,11,13,15-16H2,1-3H3,(H,24,27)(H,25,28). The number of nitrogens with one attached hydrogen (secondary N) is 2. The number of alkyl carbamates (subject to hydrolysis) is 1. The van der Waals surface area contributed by atoms with Gasteiger partial charge in [0.15, 0.2) is 0 Å². The molecule has 7 nitrogen and oxygen atoms in total. The fraction of sp³-hybridized carbons (Fsp3) is 0.409. The van der Waals surface area contributed by atoms with Gasteiger partial charge in [0.25, 0.3) is 0 Å². The van der Waals surface area contributed by atoms with Crippen LogP contribution in [0.25, 0.3) is 0 Å². The third kappa shape index (κ3) is 5.47. The van der Waals surface area contributed by atoms with Crippen molar-refractivity contribution in [3.05, 3.63) is 66.0 Å². The minimum absolute atomic E-state index is 0.169. The van der Waals surface area contributed by atoms with E-state index in [-0.39, 0.29) is 6.03 Å². The molecule has 2 heterocycles. The SMILES string of the molecule is CC(C)(C)OC(=O)NC1(c2ccccc2)CCN(C(=O)NCc2cccnc2)C1. The number of urea groups is 1. The molecule has 2 aromatic rings. The first kappa shape index (κ1) is 20.6. The molecular weight excluding hydrogens is 368 g/mol. The number of carbonyl (C=O) groups excluding carboxylic acids is 2. The molecule has 0 bridgehead atoms. The lowest BCUT2D eigenvalue weighted by Gasteiger charge is -2.32. The highest BCUT2D eigenvalue weighted by atomic mass is 16.6. The maximum Gasteiger partial charge on any atom is 0.408 e. The number of pyridine rings is 1. The lowest BCUT2D eigenvalue weighted by molar-refractivity contribution is 0.0455. The zero-order valence-electron chi connectivity index (χ0n) is 17.1. The lowest BCUT2D eigenvalue weighted by Crippen LogP contribution is -2.50. The molecule has 2 N–H and O–H groups in total. The van der Waals surface area contributed by atoms with Crippen LogP contribution in [0.5, 0.6) is 0 Å². The fourth-order valence-corrected chi connectivity index (χ4v) is 3.44. The third-order valence-corrected chi connectivity index (χ3v) is 4.79. The zero-order chi connectivity index (χ0) is 20.9. The molecule has 7 heteroatoms. The van der Waals surface area contributed by atoms with E-state index < -0.39 is 17.2 Å². The second-order valence-corrected chi connectivity index (χ2v) is 8.27. The van der Waals surface area contributed by atoms with Crippen LogP contribution in [0.3, 0.4) is 0 Å². The highest BCUT2D eigenvalue weighted by molar-refractivity contribution is 5.75. The van der Waals surface area contributed by atoms with Gasteiger partial charge in [-0.15, -0.1) is 0 Å². The average Bonchev–Trinajstić information content (AvgIpc) is 3.11. The highest BCUT2D eigenvalue weighted by Gasteiger charge is 2.43. The maximum atomic E-state index is 12.7. The molecule has 0 radical (unpaired) electrons. The van der Waals surface area contributed by atoms with Crippen molar-refractivity contribution in [2.45, 2.75) is 44.9 Å². The Kier molecular flexibility index (Phi) is 6.06. The molecule has 3 rings (SSSR count). The van der Waals surface area contributed by atoms with Crippen molar-refractivity contribution in [3.8, 4) is 0 Å². The predicted molar refractivity (Wildman–Crippen MR) is 110 cm³/mol. The van der Waals surface area contributed by atoms with Crippen molar-refractivity contribution in [2.75, 3.05) is 13.1 Å². The van der Waals surface area contributed by atoms with Crippen molar-refractivity contribution in [1.82, 2.24) is 20.5 Å². The molecule has 1 fully saturated rings. The van der Waals surface area contributed by atoms with E-state index in [4.69, 9.17) is 4.74 Å². The molecule has 0 saturated carbocycles. The number of hydrogen-bond donors (Lipinski definition) is 2. The molecule has 1 aliphatic rings. The Balaban J connectivity index is 1.71. The Morgan fingerprint density at radius 3 is 2.59 bits per heavy atom. The molecule has 3 amide bonds. The molecule has 1 aliphatic heterocycles. The predicted octanol–water partition coefficient (Wildman–Crippen LogP) is 3.42. The maximum absolute atomic E-state index is 12.7. The molecule has 0 aliphatic carbocycles. The van der Waals surface area contributed by atoms with Crippen molar-refractivity contribution >= 4 is 12.1 Å². The number of carbonyl (C=O) groups is 2. The van der Waals surface area contributed by atoms with Gasteiger partial charge >= 0.3 is 12.1 Å². The van der Waals surface area contributed by atoms with Crippen LogP contribution in [-0.4, -0.2) is 40.7 Å². The molecule has 1 aromatic carbocycles. The summed E-state index contributed by atoms with van der Waals surface area (Å²) in [5.74, 6) is 0. The fourth-order valence-electron chi connectivity index (χ4n) is 3.44. The Hall–Kier alpha value is -3.09. The largest absolute Gasteiger partial charge is 0.444 e. The molecule has 29 heavy (non-hydrogen) atoms. The zero-order valence-corrected chi connectivity index (χ0v) is 17.1. The van der Waals surface area contributed by atoms with Crippen molar-refractivity contribution in [1.29, 1.82) is 0 Å². The van der Waals surface area contributed by atoms with Crippen molar-refractivity contribution < 1.29 is 14.3 Å². The van der Waals surface area contributed by atoms with Gasteiger partial charge in [0.2, 0.25) is 0 Å². The molecule has 1 atom stereocenters. The van der Waals surface area contributed by atoms with Crippen LogP contribution in [-0.2, 0) is 16.8 Å². The first-order valence-electron chi connectivity index (χ1n) is 9.76. The topological polar surface area (TPSA) is 83.6 Å².